The first-order valence-electron chi connectivity index (χ1n) is 4.66. The molecule has 0 radical (unpaired) electrons. The van der Waals surface area contributed by atoms with Crippen molar-refractivity contribution >= 4 is 5.91 Å². The lowest BCUT2D eigenvalue weighted by Crippen LogP contribution is -2.60. The molecule has 1 aliphatic rings. The number of hydrogen-bond acceptors (Lipinski definition) is 2. The SMILES string of the molecule is CC1(C)COC(C(C)(C)C)C(=O)N1. The van der Waals surface area contributed by atoms with Crippen LogP contribution in [0.1, 0.15) is 34.6 Å². The average molecular weight is 185 g/mol. The maximum atomic E-state index is 11.6. The molecule has 1 N–H and O–H groups in total. The van der Waals surface area contributed by atoms with Crippen LogP contribution in [0.5, 0.6) is 0 Å². The molecule has 1 aliphatic heterocycles. The number of carbonyl (C=O) groups excluding carboxylic acids is 1. The van der Waals surface area contributed by atoms with Gasteiger partial charge in [0, 0.05) is 0 Å². The second-order valence-corrected chi connectivity index (χ2v) is 5.43. The second kappa shape index (κ2) is 2.98. The van der Waals surface area contributed by atoms with Gasteiger partial charge in [-0.15, -0.1) is 0 Å². The lowest BCUT2D eigenvalue weighted by atomic mass is 9.86. The van der Waals surface area contributed by atoms with Gasteiger partial charge in [-0.05, 0) is 19.3 Å². The first-order chi connectivity index (χ1) is 5.72. The van der Waals surface area contributed by atoms with Crippen LogP contribution >= 0.6 is 0 Å². The Morgan fingerprint density at radius 2 is 2.00 bits per heavy atom. The smallest absolute Gasteiger partial charge is 0.250 e. The van der Waals surface area contributed by atoms with Crippen molar-refractivity contribution in [3.8, 4) is 0 Å². The third-order valence-corrected chi connectivity index (χ3v) is 2.10. The predicted octanol–water partition coefficient (Wildman–Crippen LogP) is 1.33. The first-order valence-corrected chi connectivity index (χ1v) is 4.66. The summed E-state index contributed by atoms with van der Waals surface area (Å²) in [6.45, 7) is 10.5. The van der Waals surface area contributed by atoms with E-state index in [1.54, 1.807) is 0 Å². The van der Waals surface area contributed by atoms with Crippen molar-refractivity contribution in [1.29, 1.82) is 0 Å². The van der Waals surface area contributed by atoms with E-state index < -0.39 is 0 Å². The van der Waals surface area contributed by atoms with E-state index in [4.69, 9.17) is 4.74 Å². The normalized spacial score (nSPS) is 28.4. The Bertz CT molecular complexity index is 215. The number of rotatable bonds is 0. The number of nitrogens with one attached hydrogen (secondary N) is 1. The van der Waals surface area contributed by atoms with E-state index in [9.17, 15) is 4.79 Å². The molecule has 1 rings (SSSR count). The molecule has 0 aromatic heterocycles. The Labute approximate surface area is 79.8 Å². The van der Waals surface area contributed by atoms with Gasteiger partial charge in [0.25, 0.3) is 0 Å². The summed E-state index contributed by atoms with van der Waals surface area (Å²) in [5, 5.41) is 2.95. The van der Waals surface area contributed by atoms with Crippen LogP contribution < -0.4 is 5.32 Å². The maximum Gasteiger partial charge on any atom is 0.250 e. The molecule has 0 saturated carbocycles. The van der Waals surface area contributed by atoms with Crippen molar-refractivity contribution in [2.24, 2.45) is 5.41 Å². The van der Waals surface area contributed by atoms with E-state index in [0.29, 0.717) is 6.61 Å². The van der Waals surface area contributed by atoms with E-state index in [1.807, 2.05) is 34.6 Å². The van der Waals surface area contributed by atoms with Gasteiger partial charge < -0.3 is 10.1 Å². The van der Waals surface area contributed by atoms with Gasteiger partial charge in [-0.1, -0.05) is 20.8 Å². The van der Waals surface area contributed by atoms with Crippen LogP contribution in [-0.2, 0) is 9.53 Å². The second-order valence-electron chi connectivity index (χ2n) is 5.43. The fourth-order valence-corrected chi connectivity index (χ4v) is 1.45. The summed E-state index contributed by atoms with van der Waals surface area (Å²) in [6.07, 6.45) is -0.319. The minimum Gasteiger partial charge on any atom is -0.365 e. The van der Waals surface area contributed by atoms with Crippen molar-refractivity contribution in [1.82, 2.24) is 5.32 Å². The Balaban J connectivity index is 2.70. The topological polar surface area (TPSA) is 38.3 Å². The number of amides is 1. The fourth-order valence-electron chi connectivity index (χ4n) is 1.45. The molecule has 0 spiro atoms. The molecule has 1 atom stereocenters. The molecule has 1 heterocycles. The minimum absolute atomic E-state index is 0.00347. The number of hydrogen-bond donors (Lipinski definition) is 1. The van der Waals surface area contributed by atoms with Gasteiger partial charge >= 0.3 is 0 Å². The maximum absolute atomic E-state index is 11.6. The van der Waals surface area contributed by atoms with Crippen LogP contribution in [0.25, 0.3) is 0 Å². The van der Waals surface area contributed by atoms with Crippen LogP contribution in [0.15, 0.2) is 0 Å². The van der Waals surface area contributed by atoms with Gasteiger partial charge in [-0.3, -0.25) is 4.79 Å². The third-order valence-electron chi connectivity index (χ3n) is 2.10. The Morgan fingerprint density at radius 3 is 2.38 bits per heavy atom. The summed E-state index contributed by atoms with van der Waals surface area (Å²) in [5.41, 5.74) is -0.348. The molecule has 1 saturated heterocycles. The van der Waals surface area contributed by atoms with Crippen LogP contribution in [0.4, 0.5) is 0 Å². The van der Waals surface area contributed by atoms with E-state index in [-0.39, 0.29) is 23.0 Å². The quantitative estimate of drug-likeness (QED) is 0.618. The van der Waals surface area contributed by atoms with E-state index >= 15 is 0 Å². The monoisotopic (exact) mass is 185 g/mol. The van der Waals surface area contributed by atoms with Gasteiger partial charge in [-0.2, -0.15) is 0 Å². The minimum atomic E-state index is -0.319. The molecule has 13 heavy (non-hydrogen) atoms. The zero-order chi connectivity index (χ0) is 10.3. The number of ether oxygens (including phenoxy) is 1. The zero-order valence-corrected chi connectivity index (χ0v) is 9.10. The molecular weight excluding hydrogens is 166 g/mol. The summed E-state index contributed by atoms with van der Waals surface area (Å²) in [4.78, 5) is 11.6. The van der Waals surface area contributed by atoms with Crippen molar-refractivity contribution in [3.63, 3.8) is 0 Å². The molecule has 1 amide bonds. The summed E-state index contributed by atoms with van der Waals surface area (Å²) < 4.78 is 5.56. The lowest BCUT2D eigenvalue weighted by molar-refractivity contribution is -0.154. The third kappa shape index (κ3) is 2.44. The van der Waals surface area contributed by atoms with Gasteiger partial charge in [0.1, 0.15) is 6.10 Å². The average Bonchev–Trinajstić information content (AvgIpc) is 1.80. The van der Waals surface area contributed by atoms with Crippen LogP contribution in [0.3, 0.4) is 0 Å². The Morgan fingerprint density at radius 1 is 1.46 bits per heavy atom. The standard InChI is InChI=1S/C10H19NO2/c1-9(2,3)7-8(12)11-10(4,5)6-13-7/h7H,6H2,1-5H3,(H,11,12). The highest BCUT2D eigenvalue weighted by Crippen LogP contribution is 2.26. The highest BCUT2D eigenvalue weighted by atomic mass is 16.5. The van der Waals surface area contributed by atoms with Gasteiger partial charge in [0.15, 0.2) is 0 Å². The molecule has 1 fully saturated rings. The van der Waals surface area contributed by atoms with Crippen LogP contribution in [0, 0.1) is 5.41 Å². The summed E-state index contributed by atoms with van der Waals surface area (Å²) in [5.74, 6) is 0.00347. The molecule has 3 nitrogen and oxygen atoms in total. The van der Waals surface area contributed by atoms with E-state index in [1.165, 1.54) is 0 Å². The van der Waals surface area contributed by atoms with E-state index in [0.717, 1.165) is 0 Å². The molecule has 1 unspecified atom stereocenters. The number of morpholine rings is 1. The van der Waals surface area contributed by atoms with Crippen molar-refractivity contribution < 1.29 is 9.53 Å². The van der Waals surface area contributed by atoms with Crippen LogP contribution in [-0.4, -0.2) is 24.2 Å². The summed E-state index contributed by atoms with van der Waals surface area (Å²) in [6, 6.07) is 0. The number of carbonyl (C=O) groups is 1. The Hall–Kier alpha value is -0.570. The van der Waals surface area contributed by atoms with Crippen molar-refractivity contribution in [2.75, 3.05) is 6.61 Å². The van der Waals surface area contributed by atoms with Gasteiger partial charge in [0.2, 0.25) is 5.91 Å². The van der Waals surface area contributed by atoms with Crippen LogP contribution in [0.2, 0.25) is 0 Å². The van der Waals surface area contributed by atoms with Crippen molar-refractivity contribution in [2.45, 2.75) is 46.3 Å². The predicted molar refractivity (Wildman–Crippen MR) is 51.4 cm³/mol. The van der Waals surface area contributed by atoms with E-state index in [2.05, 4.69) is 5.32 Å². The summed E-state index contributed by atoms with van der Waals surface area (Å²) >= 11 is 0. The highest BCUT2D eigenvalue weighted by Gasteiger charge is 2.39. The van der Waals surface area contributed by atoms with Crippen molar-refractivity contribution in [3.05, 3.63) is 0 Å². The molecule has 3 heteroatoms. The largest absolute Gasteiger partial charge is 0.365 e. The molecule has 76 valence electrons. The molecule has 0 aromatic carbocycles. The highest BCUT2D eigenvalue weighted by molar-refractivity contribution is 5.83. The molecule has 0 aliphatic carbocycles. The first kappa shape index (κ1) is 10.5. The Kier molecular flexibility index (Phi) is 2.41. The summed E-state index contributed by atoms with van der Waals surface area (Å²) in [7, 11) is 0. The molecular formula is C10H19NO2. The molecule has 0 aromatic rings. The molecule has 0 bridgehead atoms. The lowest BCUT2D eigenvalue weighted by Gasteiger charge is -2.40. The fraction of sp³-hybridized carbons (Fsp3) is 0.900. The van der Waals surface area contributed by atoms with Gasteiger partial charge in [0.05, 0.1) is 12.1 Å². The zero-order valence-electron chi connectivity index (χ0n) is 9.10. The van der Waals surface area contributed by atoms with Gasteiger partial charge in [-0.25, -0.2) is 0 Å².